The Kier molecular flexibility index (Phi) is 3.07. The molecule has 16 heavy (non-hydrogen) atoms. The van der Waals surface area contributed by atoms with E-state index in [0.717, 1.165) is 11.1 Å². The SMILES string of the molecule is COc1cnccc1C(N)c1cncnc1. The molecule has 5 heteroatoms. The van der Waals surface area contributed by atoms with Crippen LogP contribution in [0.25, 0.3) is 0 Å². The summed E-state index contributed by atoms with van der Waals surface area (Å²) in [5, 5.41) is 0. The van der Waals surface area contributed by atoms with Gasteiger partial charge in [-0.2, -0.15) is 0 Å². The van der Waals surface area contributed by atoms with Gasteiger partial charge in [-0.05, 0) is 6.07 Å². The maximum atomic E-state index is 6.10. The zero-order valence-corrected chi connectivity index (χ0v) is 8.87. The zero-order chi connectivity index (χ0) is 11.4. The minimum Gasteiger partial charge on any atom is -0.495 e. The van der Waals surface area contributed by atoms with Crippen molar-refractivity contribution < 1.29 is 4.74 Å². The zero-order valence-electron chi connectivity index (χ0n) is 8.87. The van der Waals surface area contributed by atoms with E-state index in [1.807, 2.05) is 6.07 Å². The Labute approximate surface area is 93.3 Å². The van der Waals surface area contributed by atoms with Crippen molar-refractivity contribution in [3.05, 3.63) is 48.3 Å². The first kappa shape index (κ1) is 10.5. The highest BCUT2D eigenvalue weighted by Gasteiger charge is 2.13. The van der Waals surface area contributed by atoms with E-state index >= 15 is 0 Å². The second-order valence-corrected chi connectivity index (χ2v) is 3.27. The summed E-state index contributed by atoms with van der Waals surface area (Å²) in [5.41, 5.74) is 7.81. The molecule has 0 spiro atoms. The summed E-state index contributed by atoms with van der Waals surface area (Å²) >= 11 is 0. The standard InChI is InChI=1S/C11H12N4O/c1-16-10-6-13-3-2-9(10)11(12)8-4-14-7-15-5-8/h2-7,11H,12H2,1H3. The van der Waals surface area contributed by atoms with Crippen molar-refractivity contribution in [3.8, 4) is 5.75 Å². The van der Waals surface area contributed by atoms with Crippen LogP contribution in [0.15, 0.2) is 37.2 Å². The van der Waals surface area contributed by atoms with Gasteiger partial charge in [0.2, 0.25) is 0 Å². The number of methoxy groups -OCH3 is 1. The summed E-state index contributed by atoms with van der Waals surface area (Å²) in [4.78, 5) is 11.9. The first-order valence-electron chi connectivity index (χ1n) is 4.81. The van der Waals surface area contributed by atoms with Gasteiger partial charge in [0, 0.05) is 29.7 Å². The third-order valence-electron chi connectivity index (χ3n) is 2.31. The lowest BCUT2D eigenvalue weighted by Gasteiger charge is -2.14. The summed E-state index contributed by atoms with van der Waals surface area (Å²) in [5.74, 6) is 0.666. The fourth-order valence-corrected chi connectivity index (χ4v) is 1.47. The van der Waals surface area contributed by atoms with E-state index < -0.39 is 0 Å². The third kappa shape index (κ3) is 1.99. The molecule has 0 bridgehead atoms. The van der Waals surface area contributed by atoms with Crippen molar-refractivity contribution in [2.24, 2.45) is 5.73 Å². The van der Waals surface area contributed by atoms with Gasteiger partial charge in [-0.25, -0.2) is 9.97 Å². The summed E-state index contributed by atoms with van der Waals surface area (Å²) in [6, 6.07) is 1.52. The molecule has 0 fully saturated rings. The fraction of sp³-hybridized carbons (Fsp3) is 0.182. The molecule has 0 radical (unpaired) electrons. The first-order chi connectivity index (χ1) is 7.83. The maximum Gasteiger partial charge on any atom is 0.142 e. The molecule has 2 aromatic heterocycles. The van der Waals surface area contributed by atoms with E-state index in [9.17, 15) is 0 Å². The van der Waals surface area contributed by atoms with E-state index in [2.05, 4.69) is 15.0 Å². The smallest absolute Gasteiger partial charge is 0.142 e. The molecule has 0 aliphatic rings. The molecule has 0 saturated heterocycles. The van der Waals surface area contributed by atoms with Crippen LogP contribution in [-0.2, 0) is 0 Å². The van der Waals surface area contributed by atoms with Gasteiger partial charge in [-0.3, -0.25) is 4.98 Å². The van der Waals surface area contributed by atoms with Crippen molar-refractivity contribution in [2.75, 3.05) is 7.11 Å². The van der Waals surface area contributed by atoms with Gasteiger partial charge in [0.05, 0.1) is 19.3 Å². The van der Waals surface area contributed by atoms with Crippen LogP contribution in [0.4, 0.5) is 0 Å². The van der Waals surface area contributed by atoms with Crippen LogP contribution in [0.5, 0.6) is 5.75 Å². The molecule has 1 atom stereocenters. The van der Waals surface area contributed by atoms with Crippen molar-refractivity contribution in [1.29, 1.82) is 0 Å². The van der Waals surface area contributed by atoms with Gasteiger partial charge in [-0.1, -0.05) is 0 Å². The molecule has 2 N–H and O–H groups in total. The fourth-order valence-electron chi connectivity index (χ4n) is 1.47. The second kappa shape index (κ2) is 4.67. The van der Waals surface area contributed by atoms with Crippen molar-refractivity contribution >= 4 is 0 Å². The van der Waals surface area contributed by atoms with E-state index in [-0.39, 0.29) is 6.04 Å². The molecule has 0 saturated carbocycles. The minimum absolute atomic E-state index is 0.306. The average molecular weight is 216 g/mol. The maximum absolute atomic E-state index is 6.10. The predicted molar refractivity (Wildman–Crippen MR) is 58.9 cm³/mol. The van der Waals surface area contributed by atoms with Crippen LogP contribution < -0.4 is 10.5 Å². The molecule has 1 unspecified atom stereocenters. The van der Waals surface area contributed by atoms with Crippen LogP contribution >= 0.6 is 0 Å². The predicted octanol–water partition coefficient (Wildman–Crippen LogP) is 0.928. The van der Waals surface area contributed by atoms with Gasteiger partial charge in [-0.15, -0.1) is 0 Å². The number of ether oxygens (including phenoxy) is 1. The quantitative estimate of drug-likeness (QED) is 0.826. The monoisotopic (exact) mass is 216 g/mol. The van der Waals surface area contributed by atoms with E-state index in [4.69, 9.17) is 10.5 Å². The van der Waals surface area contributed by atoms with E-state index in [1.165, 1.54) is 6.33 Å². The molecule has 5 nitrogen and oxygen atoms in total. The third-order valence-corrected chi connectivity index (χ3v) is 2.31. The summed E-state index contributed by atoms with van der Waals surface area (Å²) in [6.45, 7) is 0. The number of nitrogens with two attached hydrogens (primary N) is 1. The Bertz CT molecular complexity index is 461. The average Bonchev–Trinajstić information content (AvgIpc) is 2.39. The van der Waals surface area contributed by atoms with Gasteiger partial charge in [0.15, 0.2) is 0 Å². The highest BCUT2D eigenvalue weighted by molar-refractivity contribution is 5.37. The Morgan fingerprint density at radius 2 is 1.94 bits per heavy atom. The van der Waals surface area contributed by atoms with Crippen LogP contribution in [-0.4, -0.2) is 22.1 Å². The Balaban J connectivity index is 2.37. The number of aromatic nitrogens is 3. The van der Waals surface area contributed by atoms with Gasteiger partial charge < -0.3 is 10.5 Å². The number of nitrogens with zero attached hydrogens (tertiary/aromatic N) is 3. The van der Waals surface area contributed by atoms with Gasteiger partial charge >= 0.3 is 0 Å². The number of hydrogen-bond acceptors (Lipinski definition) is 5. The topological polar surface area (TPSA) is 73.9 Å². The minimum atomic E-state index is -0.306. The molecule has 0 aliphatic carbocycles. The van der Waals surface area contributed by atoms with E-state index in [0.29, 0.717) is 5.75 Å². The Morgan fingerprint density at radius 1 is 1.19 bits per heavy atom. The molecule has 2 aromatic rings. The normalized spacial score (nSPS) is 12.1. The molecule has 2 rings (SSSR count). The molecule has 2 heterocycles. The number of pyridine rings is 1. The number of hydrogen-bond donors (Lipinski definition) is 1. The lowest BCUT2D eigenvalue weighted by atomic mass is 10.0. The van der Waals surface area contributed by atoms with Crippen molar-refractivity contribution in [2.45, 2.75) is 6.04 Å². The molecule has 82 valence electrons. The Morgan fingerprint density at radius 3 is 2.62 bits per heavy atom. The van der Waals surface area contributed by atoms with E-state index in [1.54, 1.807) is 31.9 Å². The van der Waals surface area contributed by atoms with Gasteiger partial charge in [0.25, 0.3) is 0 Å². The van der Waals surface area contributed by atoms with Crippen LogP contribution in [0.3, 0.4) is 0 Å². The second-order valence-electron chi connectivity index (χ2n) is 3.27. The van der Waals surface area contributed by atoms with Crippen LogP contribution in [0, 0.1) is 0 Å². The van der Waals surface area contributed by atoms with Crippen molar-refractivity contribution in [3.63, 3.8) is 0 Å². The first-order valence-corrected chi connectivity index (χ1v) is 4.81. The van der Waals surface area contributed by atoms with Crippen LogP contribution in [0.2, 0.25) is 0 Å². The van der Waals surface area contributed by atoms with Gasteiger partial charge in [0.1, 0.15) is 12.1 Å². The lowest BCUT2D eigenvalue weighted by molar-refractivity contribution is 0.406. The lowest BCUT2D eigenvalue weighted by Crippen LogP contribution is -2.13. The number of rotatable bonds is 3. The highest BCUT2D eigenvalue weighted by atomic mass is 16.5. The van der Waals surface area contributed by atoms with Crippen LogP contribution in [0.1, 0.15) is 17.2 Å². The summed E-state index contributed by atoms with van der Waals surface area (Å²) in [6.07, 6.45) is 8.18. The highest BCUT2D eigenvalue weighted by Crippen LogP contribution is 2.26. The molecular formula is C11H12N4O. The molecule has 0 aromatic carbocycles. The van der Waals surface area contributed by atoms with Crippen molar-refractivity contribution in [1.82, 2.24) is 15.0 Å². The molecular weight excluding hydrogens is 204 g/mol. The largest absolute Gasteiger partial charge is 0.495 e. The summed E-state index contributed by atoms with van der Waals surface area (Å²) < 4.78 is 5.20. The summed E-state index contributed by atoms with van der Waals surface area (Å²) in [7, 11) is 1.59. The molecule has 0 amide bonds. The molecule has 0 aliphatic heterocycles. The Hall–Kier alpha value is -2.01.